The Kier molecular flexibility index (Phi) is 4.95. The lowest BCUT2D eigenvalue weighted by atomic mass is 9.93. The number of nitrogens with zero attached hydrogens (tertiary/aromatic N) is 2. The predicted octanol–water partition coefficient (Wildman–Crippen LogP) is 2.73. The van der Waals surface area contributed by atoms with E-state index in [9.17, 15) is 10.1 Å². The van der Waals surface area contributed by atoms with Crippen molar-refractivity contribution in [3.8, 4) is 0 Å². The number of anilines is 1. The minimum Gasteiger partial charge on any atom is -0.371 e. The first kappa shape index (κ1) is 14.8. The van der Waals surface area contributed by atoms with Gasteiger partial charge in [-0.2, -0.15) is 0 Å². The number of hydrogen-bond donors (Lipinski definition) is 1. The molecule has 0 spiro atoms. The van der Waals surface area contributed by atoms with Crippen LogP contribution in [0.25, 0.3) is 0 Å². The summed E-state index contributed by atoms with van der Waals surface area (Å²) in [5.41, 5.74) is 2.03. The summed E-state index contributed by atoms with van der Waals surface area (Å²) >= 11 is 0. The number of rotatable bonds is 5. The average molecular weight is 277 g/mol. The van der Waals surface area contributed by atoms with Crippen molar-refractivity contribution in [2.75, 3.05) is 31.6 Å². The topological polar surface area (TPSA) is 58.4 Å². The van der Waals surface area contributed by atoms with Gasteiger partial charge < -0.3 is 10.2 Å². The van der Waals surface area contributed by atoms with Crippen molar-refractivity contribution in [1.29, 1.82) is 0 Å². The average Bonchev–Trinajstić information content (AvgIpc) is 2.46. The van der Waals surface area contributed by atoms with Crippen molar-refractivity contribution in [3.05, 3.63) is 33.9 Å². The number of benzene rings is 1. The SMILES string of the molecule is CNCCC1CCN(c2cccc([N+](=O)[O-])c2C)CC1. The molecule has 0 atom stereocenters. The Bertz CT molecular complexity index is 468. The van der Waals surface area contributed by atoms with Gasteiger partial charge in [0.2, 0.25) is 0 Å². The van der Waals surface area contributed by atoms with Crippen LogP contribution < -0.4 is 10.2 Å². The molecule has 20 heavy (non-hydrogen) atoms. The maximum Gasteiger partial charge on any atom is 0.274 e. The maximum absolute atomic E-state index is 11.0. The summed E-state index contributed by atoms with van der Waals surface area (Å²) in [6.45, 7) is 4.91. The van der Waals surface area contributed by atoms with E-state index in [1.54, 1.807) is 12.1 Å². The van der Waals surface area contributed by atoms with Crippen molar-refractivity contribution in [2.24, 2.45) is 5.92 Å². The molecule has 0 aliphatic carbocycles. The molecule has 1 heterocycles. The van der Waals surface area contributed by atoms with E-state index in [1.807, 2.05) is 20.0 Å². The third kappa shape index (κ3) is 3.28. The summed E-state index contributed by atoms with van der Waals surface area (Å²) in [5, 5.41) is 14.2. The second-order valence-corrected chi connectivity index (χ2v) is 5.50. The molecule has 1 aromatic carbocycles. The molecule has 0 amide bonds. The van der Waals surface area contributed by atoms with Crippen molar-refractivity contribution in [2.45, 2.75) is 26.2 Å². The summed E-state index contributed by atoms with van der Waals surface area (Å²) in [7, 11) is 1.99. The Labute approximate surface area is 120 Å². The monoisotopic (exact) mass is 277 g/mol. The van der Waals surface area contributed by atoms with Gasteiger partial charge in [-0.15, -0.1) is 0 Å². The third-order valence-electron chi connectivity index (χ3n) is 4.23. The fourth-order valence-electron chi connectivity index (χ4n) is 2.96. The highest BCUT2D eigenvalue weighted by atomic mass is 16.6. The molecule has 2 rings (SSSR count). The van der Waals surface area contributed by atoms with Gasteiger partial charge in [-0.25, -0.2) is 0 Å². The van der Waals surface area contributed by atoms with E-state index in [0.29, 0.717) is 0 Å². The van der Waals surface area contributed by atoms with Crippen LogP contribution >= 0.6 is 0 Å². The van der Waals surface area contributed by atoms with Gasteiger partial charge >= 0.3 is 0 Å². The van der Waals surface area contributed by atoms with Gasteiger partial charge in [0.05, 0.1) is 10.5 Å². The van der Waals surface area contributed by atoms with Crippen LogP contribution in [0, 0.1) is 23.0 Å². The first-order valence-electron chi connectivity index (χ1n) is 7.27. The van der Waals surface area contributed by atoms with Crippen molar-refractivity contribution < 1.29 is 4.92 Å². The van der Waals surface area contributed by atoms with E-state index >= 15 is 0 Å². The molecule has 0 unspecified atom stereocenters. The molecule has 1 aromatic rings. The quantitative estimate of drug-likeness (QED) is 0.664. The minimum absolute atomic E-state index is 0.222. The van der Waals surface area contributed by atoms with Crippen molar-refractivity contribution in [1.82, 2.24) is 5.32 Å². The fraction of sp³-hybridized carbons (Fsp3) is 0.600. The Morgan fingerprint density at radius 3 is 2.70 bits per heavy atom. The van der Waals surface area contributed by atoms with Gasteiger partial charge in [0.25, 0.3) is 5.69 Å². The number of nitrogens with one attached hydrogen (secondary N) is 1. The predicted molar refractivity (Wildman–Crippen MR) is 81.3 cm³/mol. The summed E-state index contributed by atoms with van der Waals surface area (Å²) in [5.74, 6) is 0.776. The molecule has 1 aliphatic rings. The molecule has 1 N–H and O–H groups in total. The van der Waals surface area contributed by atoms with Gasteiger partial charge in [-0.3, -0.25) is 10.1 Å². The molecule has 5 heteroatoms. The highest BCUT2D eigenvalue weighted by Crippen LogP contribution is 2.31. The Balaban J connectivity index is 2.04. The largest absolute Gasteiger partial charge is 0.371 e. The lowest BCUT2D eigenvalue weighted by Crippen LogP contribution is -2.34. The summed E-state index contributed by atoms with van der Waals surface area (Å²) < 4.78 is 0. The Hall–Kier alpha value is -1.62. The molecule has 0 aromatic heterocycles. The van der Waals surface area contributed by atoms with Crippen molar-refractivity contribution >= 4 is 11.4 Å². The second kappa shape index (κ2) is 6.70. The van der Waals surface area contributed by atoms with Crippen LogP contribution in [0.5, 0.6) is 0 Å². The molecule has 5 nitrogen and oxygen atoms in total. The summed E-state index contributed by atoms with van der Waals surface area (Å²) in [6.07, 6.45) is 3.56. The van der Waals surface area contributed by atoms with E-state index in [1.165, 1.54) is 19.3 Å². The van der Waals surface area contributed by atoms with Gasteiger partial charge in [0, 0.05) is 24.8 Å². The van der Waals surface area contributed by atoms with Crippen molar-refractivity contribution in [3.63, 3.8) is 0 Å². The first-order valence-corrected chi connectivity index (χ1v) is 7.27. The molecular formula is C15H23N3O2. The number of nitro groups is 1. The van der Waals surface area contributed by atoms with E-state index in [-0.39, 0.29) is 10.6 Å². The van der Waals surface area contributed by atoms with Gasteiger partial charge in [-0.05, 0) is 51.8 Å². The normalized spacial score (nSPS) is 16.4. The van der Waals surface area contributed by atoms with Crippen LogP contribution in [0.1, 0.15) is 24.8 Å². The van der Waals surface area contributed by atoms with Crippen LogP contribution in [0.2, 0.25) is 0 Å². The van der Waals surface area contributed by atoms with Crippen LogP contribution in [0.3, 0.4) is 0 Å². The smallest absolute Gasteiger partial charge is 0.274 e. The highest BCUT2D eigenvalue weighted by molar-refractivity contribution is 5.61. The zero-order valence-electron chi connectivity index (χ0n) is 12.3. The van der Waals surface area contributed by atoms with Crippen LogP contribution in [-0.2, 0) is 0 Å². The summed E-state index contributed by atoms with van der Waals surface area (Å²) in [4.78, 5) is 13.0. The van der Waals surface area contributed by atoms with Gasteiger partial charge in [0.1, 0.15) is 0 Å². The third-order valence-corrected chi connectivity index (χ3v) is 4.23. The van der Waals surface area contributed by atoms with Crippen LogP contribution in [0.15, 0.2) is 18.2 Å². The highest BCUT2D eigenvalue weighted by Gasteiger charge is 2.22. The van der Waals surface area contributed by atoms with Gasteiger partial charge in [0.15, 0.2) is 0 Å². The van der Waals surface area contributed by atoms with Gasteiger partial charge in [-0.1, -0.05) is 6.07 Å². The van der Waals surface area contributed by atoms with Crippen LogP contribution in [0.4, 0.5) is 11.4 Å². The standard InChI is InChI=1S/C15H23N3O2/c1-12-14(4-3-5-15(12)18(19)20)17-10-7-13(8-11-17)6-9-16-2/h3-5,13,16H,6-11H2,1-2H3. The Morgan fingerprint density at radius 2 is 2.10 bits per heavy atom. The molecule has 0 radical (unpaired) electrons. The second-order valence-electron chi connectivity index (χ2n) is 5.50. The number of piperidine rings is 1. The van der Waals surface area contributed by atoms with E-state index in [0.717, 1.165) is 36.8 Å². The Morgan fingerprint density at radius 1 is 1.40 bits per heavy atom. The van der Waals surface area contributed by atoms with E-state index < -0.39 is 0 Å². The molecule has 1 saturated heterocycles. The maximum atomic E-state index is 11.0. The number of hydrogen-bond acceptors (Lipinski definition) is 4. The zero-order valence-corrected chi connectivity index (χ0v) is 12.3. The van der Waals surface area contributed by atoms with Crippen LogP contribution in [-0.4, -0.2) is 31.6 Å². The molecule has 110 valence electrons. The molecule has 0 saturated carbocycles. The lowest BCUT2D eigenvalue weighted by molar-refractivity contribution is -0.385. The molecule has 1 aliphatic heterocycles. The molecule has 0 bridgehead atoms. The minimum atomic E-state index is -0.293. The van der Waals surface area contributed by atoms with E-state index in [4.69, 9.17) is 0 Å². The molecule has 1 fully saturated rings. The summed E-state index contributed by atoms with van der Waals surface area (Å²) in [6, 6.07) is 5.36. The first-order chi connectivity index (χ1) is 9.63. The number of nitro benzene ring substituents is 1. The molecular weight excluding hydrogens is 254 g/mol. The lowest BCUT2D eigenvalue weighted by Gasteiger charge is -2.34. The zero-order chi connectivity index (χ0) is 14.5. The van der Waals surface area contributed by atoms with E-state index in [2.05, 4.69) is 10.2 Å². The fourth-order valence-corrected chi connectivity index (χ4v) is 2.96.